The fraction of sp³-hybridized carbons (Fsp3) is 0. The normalized spacial score (nSPS) is 11.4. The van der Waals surface area contributed by atoms with E-state index in [4.69, 9.17) is 18.0 Å². The first kappa shape index (κ1) is 18.1. The summed E-state index contributed by atoms with van der Waals surface area (Å²) in [5, 5.41) is 4.45. The number of hydrazone groups is 1. The van der Waals surface area contributed by atoms with Gasteiger partial charge in [0.2, 0.25) is 0 Å². The molecule has 0 saturated carbocycles. The summed E-state index contributed by atoms with van der Waals surface area (Å²) in [5.74, 6) is 0. The highest BCUT2D eigenvalue weighted by atomic mass is 79.9. The van der Waals surface area contributed by atoms with E-state index in [1.807, 2.05) is 36.4 Å². The predicted molar refractivity (Wildman–Crippen MR) is 109 cm³/mol. The summed E-state index contributed by atoms with van der Waals surface area (Å²) in [7, 11) is 0. The first-order valence-corrected chi connectivity index (χ1v) is 9.50. The molecule has 8 heteroatoms. The van der Waals surface area contributed by atoms with Crippen LogP contribution >= 0.6 is 75.9 Å². The lowest BCUT2D eigenvalue weighted by molar-refractivity contribution is 1.03. The Morgan fingerprint density at radius 1 is 0.909 bits per heavy atom. The number of nitrogens with one attached hydrogen (secondary N) is 1. The standard InChI is InChI=1S/C14H9Br4N3S/c15-9-3-8(4-10(16)6-9)13(20-21-14(19)22)7-1-2-11(17)12(18)5-7/h1-6H,(H3,19,21,22)/b20-13-. The van der Waals surface area contributed by atoms with Gasteiger partial charge in [0, 0.05) is 29.0 Å². The second kappa shape index (κ2) is 8.01. The van der Waals surface area contributed by atoms with Gasteiger partial charge in [-0.25, -0.2) is 0 Å². The monoisotopic (exact) mass is 567 g/mol. The minimum absolute atomic E-state index is 0.114. The highest BCUT2D eigenvalue weighted by molar-refractivity contribution is 9.13. The number of hydrogen-bond acceptors (Lipinski definition) is 2. The Hall–Kier alpha value is -0.280. The molecular formula is C14H9Br4N3S. The van der Waals surface area contributed by atoms with Crippen molar-refractivity contribution in [2.75, 3.05) is 0 Å². The van der Waals surface area contributed by atoms with Crippen molar-refractivity contribution in [3.63, 3.8) is 0 Å². The fourth-order valence-corrected chi connectivity index (χ4v) is 3.71. The van der Waals surface area contributed by atoms with Crippen LogP contribution in [0.15, 0.2) is 59.4 Å². The Morgan fingerprint density at radius 2 is 1.55 bits per heavy atom. The molecule has 2 aromatic rings. The van der Waals surface area contributed by atoms with Crippen molar-refractivity contribution in [3.8, 4) is 0 Å². The fourth-order valence-electron chi connectivity index (χ4n) is 1.74. The van der Waals surface area contributed by atoms with Crippen LogP contribution in [0, 0.1) is 0 Å². The van der Waals surface area contributed by atoms with Gasteiger partial charge in [0.15, 0.2) is 5.11 Å². The molecule has 0 amide bonds. The van der Waals surface area contributed by atoms with Gasteiger partial charge in [-0.2, -0.15) is 5.10 Å². The summed E-state index contributed by atoms with van der Waals surface area (Å²) < 4.78 is 3.78. The van der Waals surface area contributed by atoms with Crippen molar-refractivity contribution >= 4 is 86.8 Å². The molecule has 0 saturated heterocycles. The van der Waals surface area contributed by atoms with Crippen LogP contribution in [0.1, 0.15) is 11.1 Å². The van der Waals surface area contributed by atoms with Crippen molar-refractivity contribution in [1.29, 1.82) is 0 Å². The van der Waals surface area contributed by atoms with E-state index in [-0.39, 0.29) is 5.11 Å². The summed E-state index contributed by atoms with van der Waals surface area (Å²) in [6.07, 6.45) is 0. The van der Waals surface area contributed by atoms with Gasteiger partial charge in [0.25, 0.3) is 0 Å². The average molecular weight is 571 g/mol. The van der Waals surface area contributed by atoms with Gasteiger partial charge in [-0.1, -0.05) is 37.9 Å². The minimum atomic E-state index is 0.114. The third kappa shape index (κ3) is 4.86. The van der Waals surface area contributed by atoms with Gasteiger partial charge in [-0.3, -0.25) is 5.43 Å². The van der Waals surface area contributed by atoms with E-state index in [1.54, 1.807) is 0 Å². The molecule has 0 atom stereocenters. The van der Waals surface area contributed by atoms with Crippen molar-refractivity contribution < 1.29 is 0 Å². The molecule has 0 aliphatic carbocycles. The van der Waals surface area contributed by atoms with Gasteiger partial charge < -0.3 is 5.73 Å². The molecule has 22 heavy (non-hydrogen) atoms. The molecule has 3 nitrogen and oxygen atoms in total. The Morgan fingerprint density at radius 3 is 2.09 bits per heavy atom. The zero-order valence-corrected chi connectivity index (χ0v) is 18.1. The molecule has 0 heterocycles. The first-order valence-electron chi connectivity index (χ1n) is 5.92. The number of nitrogens with two attached hydrogens (primary N) is 1. The van der Waals surface area contributed by atoms with E-state index in [9.17, 15) is 0 Å². The van der Waals surface area contributed by atoms with Crippen molar-refractivity contribution in [2.45, 2.75) is 0 Å². The lowest BCUT2D eigenvalue weighted by Crippen LogP contribution is -2.26. The van der Waals surface area contributed by atoms with Crippen molar-refractivity contribution in [1.82, 2.24) is 5.43 Å². The maximum atomic E-state index is 5.49. The smallest absolute Gasteiger partial charge is 0.184 e. The number of nitrogens with zero attached hydrogens (tertiary/aromatic N) is 1. The second-order valence-electron chi connectivity index (χ2n) is 4.22. The molecular weight excluding hydrogens is 562 g/mol. The predicted octanol–water partition coefficient (Wildman–Crippen LogP) is 5.32. The van der Waals surface area contributed by atoms with Crippen molar-refractivity contribution in [3.05, 3.63) is 65.4 Å². The van der Waals surface area contributed by atoms with Gasteiger partial charge in [-0.15, -0.1) is 0 Å². The maximum Gasteiger partial charge on any atom is 0.184 e. The van der Waals surface area contributed by atoms with Crippen LogP contribution < -0.4 is 11.2 Å². The summed E-state index contributed by atoms with van der Waals surface area (Å²) in [4.78, 5) is 0. The quantitative estimate of drug-likeness (QED) is 0.298. The lowest BCUT2D eigenvalue weighted by Gasteiger charge is -2.10. The maximum absolute atomic E-state index is 5.49. The molecule has 114 valence electrons. The SMILES string of the molecule is NC(=S)N/N=C(\c1cc(Br)cc(Br)c1)c1ccc(Br)c(Br)c1. The molecule has 0 fully saturated rings. The summed E-state index contributed by atoms with van der Waals surface area (Å²) >= 11 is 18.8. The largest absolute Gasteiger partial charge is 0.375 e. The molecule has 0 bridgehead atoms. The third-order valence-corrected chi connectivity index (χ3v) is 5.49. The molecule has 0 aliphatic heterocycles. The molecule has 0 spiro atoms. The highest BCUT2D eigenvalue weighted by Crippen LogP contribution is 2.27. The first-order chi connectivity index (χ1) is 10.4. The molecule has 0 aliphatic rings. The topological polar surface area (TPSA) is 50.4 Å². The summed E-state index contributed by atoms with van der Waals surface area (Å²) in [6, 6.07) is 11.8. The minimum Gasteiger partial charge on any atom is -0.375 e. The van der Waals surface area contributed by atoms with E-state index in [0.717, 1.165) is 34.7 Å². The molecule has 3 N–H and O–H groups in total. The average Bonchev–Trinajstić information content (AvgIpc) is 2.41. The number of rotatable bonds is 3. The second-order valence-corrected chi connectivity index (χ2v) is 8.20. The van der Waals surface area contributed by atoms with Crippen LogP contribution in [-0.2, 0) is 0 Å². The lowest BCUT2D eigenvalue weighted by atomic mass is 10.0. The summed E-state index contributed by atoms with van der Waals surface area (Å²) in [6.45, 7) is 0. The van der Waals surface area contributed by atoms with Crippen LogP contribution in [0.3, 0.4) is 0 Å². The van der Waals surface area contributed by atoms with Gasteiger partial charge in [0.05, 0.1) is 5.71 Å². The Balaban J connectivity index is 2.57. The Labute approximate surface area is 167 Å². The number of benzene rings is 2. The number of halogens is 4. The third-order valence-electron chi connectivity index (χ3n) is 2.61. The van der Waals surface area contributed by atoms with Crippen LogP contribution in [0.25, 0.3) is 0 Å². The molecule has 0 aromatic heterocycles. The van der Waals surface area contributed by atoms with Crippen LogP contribution in [0.4, 0.5) is 0 Å². The number of thiocarbonyl (C=S) groups is 1. The van der Waals surface area contributed by atoms with Gasteiger partial charge >= 0.3 is 0 Å². The van der Waals surface area contributed by atoms with Crippen molar-refractivity contribution in [2.24, 2.45) is 10.8 Å². The zero-order valence-electron chi connectivity index (χ0n) is 10.9. The van der Waals surface area contributed by atoms with E-state index >= 15 is 0 Å². The van der Waals surface area contributed by atoms with E-state index in [1.165, 1.54) is 0 Å². The Bertz CT molecular complexity index is 741. The van der Waals surface area contributed by atoms with E-state index in [0.29, 0.717) is 0 Å². The van der Waals surface area contributed by atoms with Crippen LogP contribution in [0.2, 0.25) is 0 Å². The molecule has 2 aromatic carbocycles. The van der Waals surface area contributed by atoms with E-state index < -0.39 is 0 Å². The Kier molecular flexibility index (Phi) is 6.58. The zero-order chi connectivity index (χ0) is 16.3. The van der Waals surface area contributed by atoms with Crippen LogP contribution in [-0.4, -0.2) is 10.8 Å². The summed E-state index contributed by atoms with van der Waals surface area (Å²) in [5.41, 5.74) is 10.7. The highest BCUT2D eigenvalue weighted by Gasteiger charge is 2.11. The molecule has 2 rings (SSSR count). The molecule has 0 radical (unpaired) electrons. The van der Waals surface area contributed by atoms with Gasteiger partial charge in [0.1, 0.15) is 0 Å². The van der Waals surface area contributed by atoms with Crippen LogP contribution in [0.5, 0.6) is 0 Å². The van der Waals surface area contributed by atoms with Gasteiger partial charge in [-0.05, 0) is 74.4 Å². The number of hydrogen-bond donors (Lipinski definition) is 2. The van der Waals surface area contributed by atoms with E-state index in [2.05, 4.69) is 74.2 Å². The molecule has 0 unspecified atom stereocenters.